The summed E-state index contributed by atoms with van der Waals surface area (Å²) in [6, 6.07) is 23.7. The molecule has 1 heterocycles. The molecular weight excluding hydrogens is 436 g/mol. The molecule has 8 heteroatoms. The van der Waals surface area contributed by atoms with E-state index >= 15 is 0 Å². The van der Waals surface area contributed by atoms with Crippen molar-refractivity contribution in [2.24, 2.45) is 0 Å². The van der Waals surface area contributed by atoms with Crippen molar-refractivity contribution in [3.05, 3.63) is 95.2 Å². The van der Waals surface area contributed by atoms with E-state index < -0.39 is 10.0 Å². The number of hydrogen-bond acceptors (Lipinski definition) is 5. The van der Waals surface area contributed by atoms with Crippen LogP contribution in [0.1, 0.15) is 11.3 Å². The first-order chi connectivity index (χ1) is 15.0. The fourth-order valence-electron chi connectivity index (χ4n) is 3.12. The summed E-state index contributed by atoms with van der Waals surface area (Å²) in [6.07, 6.45) is 0. The van der Waals surface area contributed by atoms with Gasteiger partial charge in [-0.3, -0.25) is 4.72 Å². The zero-order valence-electron chi connectivity index (χ0n) is 16.6. The Bertz CT molecular complexity index is 1300. The van der Waals surface area contributed by atoms with Gasteiger partial charge < -0.3 is 9.26 Å². The Morgan fingerprint density at radius 1 is 0.935 bits per heavy atom. The zero-order chi connectivity index (χ0) is 21.8. The predicted octanol–water partition coefficient (Wildman–Crippen LogP) is 5.68. The zero-order valence-corrected chi connectivity index (χ0v) is 18.2. The molecule has 1 aromatic heterocycles. The lowest BCUT2D eigenvalue weighted by molar-refractivity contribution is 0.306. The minimum atomic E-state index is -3.98. The smallest absolute Gasteiger partial charge is 0.263 e. The van der Waals surface area contributed by atoms with E-state index in [0.717, 1.165) is 16.9 Å². The first-order valence-corrected chi connectivity index (χ1v) is 11.3. The third kappa shape index (κ3) is 4.57. The molecule has 0 aliphatic carbocycles. The number of benzene rings is 3. The number of sulfonamides is 1. The maximum atomic E-state index is 13.2. The van der Waals surface area contributed by atoms with Crippen molar-refractivity contribution in [2.45, 2.75) is 18.4 Å². The first-order valence-electron chi connectivity index (χ1n) is 9.45. The van der Waals surface area contributed by atoms with Gasteiger partial charge in [0.2, 0.25) is 5.82 Å². The van der Waals surface area contributed by atoms with Gasteiger partial charge in [-0.05, 0) is 36.2 Å². The molecule has 0 spiro atoms. The molecule has 0 atom stereocenters. The van der Waals surface area contributed by atoms with E-state index in [-0.39, 0.29) is 22.3 Å². The van der Waals surface area contributed by atoms with Crippen LogP contribution in [0, 0.1) is 6.92 Å². The van der Waals surface area contributed by atoms with E-state index in [2.05, 4.69) is 9.88 Å². The highest BCUT2D eigenvalue weighted by Gasteiger charge is 2.24. The van der Waals surface area contributed by atoms with Gasteiger partial charge in [0.25, 0.3) is 10.0 Å². The predicted molar refractivity (Wildman–Crippen MR) is 120 cm³/mol. The van der Waals surface area contributed by atoms with Gasteiger partial charge in [-0.2, -0.15) is 0 Å². The lowest BCUT2D eigenvalue weighted by Gasteiger charge is -2.15. The molecule has 0 saturated heterocycles. The van der Waals surface area contributed by atoms with Gasteiger partial charge >= 0.3 is 0 Å². The van der Waals surface area contributed by atoms with Crippen molar-refractivity contribution in [1.82, 2.24) is 5.16 Å². The second-order valence-corrected chi connectivity index (χ2v) is 8.79. The van der Waals surface area contributed by atoms with Crippen molar-refractivity contribution in [1.29, 1.82) is 0 Å². The standard InChI is InChI=1S/C23H19ClN2O4S/c1-16-22(24)23(25-30-16)26-31(27,28)21-14-8-7-13-20(21)19-12-6-5-9-17(19)15-29-18-10-3-2-4-11-18/h2-14H,15H2,1H3,(H,25,26). The molecule has 31 heavy (non-hydrogen) atoms. The number of nitrogens with zero attached hydrogens (tertiary/aromatic N) is 1. The summed E-state index contributed by atoms with van der Waals surface area (Å²) in [6.45, 7) is 1.89. The molecule has 1 N–H and O–H groups in total. The lowest BCUT2D eigenvalue weighted by atomic mass is 10.00. The van der Waals surface area contributed by atoms with Gasteiger partial charge in [0.15, 0.2) is 5.76 Å². The van der Waals surface area contributed by atoms with Crippen LogP contribution in [0.4, 0.5) is 5.82 Å². The van der Waals surface area contributed by atoms with Crippen LogP contribution in [0.25, 0.3) is 11.1 Å². The Morgan fingerprint density at radius 2 is 1.58 bits per heavy atom. The van der Waals surface area contributed by atoms with Gasteiger partial charge in [-0.1, -0.05) is 77.4 Å². The summed E-state index contributed by atoms with van der Waals surface area (Å²) in [5.74, 6) is 1.02. The third-order valence-electron chi connectivity index (χ3n) is 4.64. The minimum absolute atomic E-state index is 0.0466. The van der Waals surface area contributed by atoms with Gasteiger partial charge in [-0.25, -0.2) is 8.42 Å². The van der Waals surface area contributed by atoms with Crippen molar-refractivity contribution in [3.63, 3.8) is 0 Å². The van der Waals surface area contributed by atoms with Crippen LogP contribution >= 0.6 is 11.6 Å². The minimum Gasteiger partial charge on any atom is -0.489 e. The first kappa shape index (κ1) is 21.0. The van der Waals surface area contributed by atoms with E-state index in [1.165, 1.54) is 6.07 Å². The van der Waals surface area contributed by atoms with Crippen LogP contribution < -0.4 is 9.46 Å². The normalized spacial score (nSPS) is 11.3. The van der Waals surface area contributed by atoms with Crippen molar-refractivity contribution < 1.29 is 17.7 Å². The molecule has 0 saturated carbocycles. The molecule has 0 aliphatic heterocycles. The highest BCUT2D eigenvalue weighted by Crippen LogP contribution is 2.33. The molecule has 158 valence electrons. The van der Waals surface area contributed by atoms with E-state index in [0.29, 0.717) is 11.3 Å². The number of nitrogens with one attached hydrogen (secondary N) is 1. The number of aromatic nitrogens is 1. The van der Waals surface area contributed by atoms with Crippen molar-refractivity contribution in [2.75, 3.05) is 4.72 Å². The summed E-state index contributed by atoms with van der Waals surface area (Å²) in [5, 5.41) is 3.81. The molecule has 0 fully saturated rings. The van der Waals surface area contributed by atoms with Gasteiger partial charge in [-0.15, -0.1) is 0 Å². The number of ether oxygens (including phenoxy) is 1. The fraction of sp³-hybridized carbons (Fsp3) is 0.0870. The third-order valence-corrected chi connectivity index (χ3v) is 6.49. The highest BCUT2D eigenvalue weighted by atomic mass is 35.5. The number of hydrogen-bond donors (Lipinski definition) is 1. The average Bonchev–Trinajstić information content (AvgIpc) is 3.10. The molecule has 6 nitrogen and oxygen atoms in total. The Morgan fingerprint density at radius 3 is 2.29 bits per heavy atom. The van der Waals surface area contributed by atoms with Crippen molar-refractivity contribution >= 4 is 27.4 Å². The van der Waals surface area contributed by atoms with E-state index in [4.69, 9.17) is 20.9 Å². The van der Waals surface area contributed by atoms with Crippen LogP contribution in [0.2, 0.25) is 5.02 Å². The van der Waals surface area contributed by atoms with Gasteiger partial charge in [0.05, 0.1) is 4.90 Å². The molecule has 0 radical (unpaired) electrons. The number of rotatable bonds is 7. The van der Waals surface area contributed by atoms with E-state index in [9.17, 15) is 8.42 Å². The molecule has 0 aliphatic rings. The van der Waals surface area contributed by atoms with Gasteiger partial charge in [0.1, 0.15) is 17.4 Å². The summed E-state index contributed by atoms with van der Waals surface area (Å²) in [4.78, 5) is 0.0962. The van der Waals surface area contributed by atoms with Crippen LogP contribution in [0.15, 0.2) is 88.3 Å². The Balaban J connectivity index is 1.70. The second kappa shape index (κ2) is 8.83. The maximum absolute atomic E-state index is 13.2. The maximum Gasteiger partial charge on any atom is 0.263 e. The summed E-state index contributed by atoms with van der Waals surface area (Å²) < 4.78 is 39.6. The lowest BCUT2D eigenvalue weighted by Crippen LogP contribution is -2.15. The summed E-state index contributed by atoms with van der Waals surface area (Å²) in [5.41, 5.74) is 2.14. The SMILES string of the molecule is Cc1onc(NS(=O)(=O)c2ccccc2-c2ccccc2COc2ccccc2)c1Cl. The molecular formula is C23H19ClN2O4S. The number of aryl methyl sites for hydroxylation is 1. The Hall–Kier alpha value is -3.29. The Labute approximate surface area is 185 Å². The van der Waals surface area contributed by atoms with Crippen LogP contribution in [0.3, 0.4) is 0 Å². The molecule has 4 aromatic rings. The Kier molecular flexibility index (Phi) is 5.97. The largest absolute Gasteiger partial charge is 0.489 e. The van der Waals surface area contributed by atoms with Crippen molar-refractivity contribution in [3.8, 4) is 16.9 Å². The topological polar surface area (TPSA) is 81.4 Å². The summed E-state index contributed by atoms with van der Waals surface area (Å²) >= 11 is 6.08. The van der Waals surface area contributed by atoms with Crippen LogP contribution in [-0.4, -0.2) is 13.6 Å². The van der Waals surface area contributed by atoms with E-state index in [1.807, 2.05) is 54.6 Å². The highest BCUT2D eigenvalue weighted by molar-refractivity contribution is 7.92. The number of para-hydroxylation sites is 1. The molecule has 0 bridgehead atoms. The quantitative estimate of drug-likeness (QED) is 0.388. The van der Waals surface area contributed by atoms with E-state index in [1.54, 1.807) is 25.1 Å². The molecule has 0 unspecified atom stereocenters. The fourth-order valence-corrected chi connectivity index (χ4v) is 4.52. The van der Waals surface area contributed by atoms with Crippen LogP contribution in [-0.2, 0) is 16.6 Å². The molecule has 0 amide bonds. The van der Waals surface area contributed by atoms with Gasteiger partial charge in [0, 0.05) is 5.56 Å². The second-order valence-electron chi connectivity index (χ2n) is 6.76. The monoisotopic (exact) mass is 454 g/mol. The molecule has 3 aromatic carbocycles. The molecule has 4 rings (SSSR count). The number of anilines is 1. The van der Waals surface area contributed by atoms with Crippen LogP contribution in [0.5, 0.6) is 5.75 Å². The summed E-state index contributed by atoms with van der Waals surface area (Å²) in [7, 11) is -3.98. The average molecular weight is 455 g/mol. The number of halogens is 1.